The molecule has 41 heavy (non-hydrogen) atoms. The maximum absolute atomic E-state index is 14.4. The van der Waals surface area contributed by atoms with Gasteiger partial charge in [-0.05, 0) is 60.5 Å². The van der Waals surface area contributed by atoms with Crippen LogP contribution in [-0.2, 0) is 14.4 Å². The van der Waals surface area contributed by atoms with Crippen LogP contribution >= 0.6 is 0 Å². The first-order chi connectivity index (χ1) is 19.6. The number of nitrogens with zero attached hydrogens (tertiary/aromatic N) is 2. The van der Waals surface area contributed by atoms with Crippen LogP contribution in [0.1, 0.15) is 71.6 Å². The number of ketones is 1. The lowest BCUT2D eigenvalue weighted by molar-refractivity contribution is -0.462. The average molecular weight is 567 g/mol. The summed E-state index contributed by atoms with van der Waals surface area (Å²) in [6, 6.07) is 5.80. The Morgan fingerprint density at radius 3 is 2.51 bits per heavy atom. The van der Waals surface area contributed by atoms with Gasteiger partial charge >= 0.3 is 0 Å². The van der Waals surface area contributed by atoms with Gasteiger partial charge in [0, 0.05) is 6.54 Å². The first-order valence-corrected chi connectivity index (χ1v) is 15.4. The monoisotopic (exact) mass is 566 g/mol. The molecule has 2 aromatic rings. The molecule has 0 radical (unpaired) electrons. The summed E-state index contributed by atoms with van der Waals surface area (Å²) >= 11 is 0. The van der Waals surface area contributed by atoms with Gasteiger partial charge in [0.15, 0.2) is 5.58 Å². The first-order valence-electron chi connectivity index (χ1n) is 15.4. The van der Waals surface area contributed by atoms with E-state index in [1.165, 1.54) is 0 Å². The highest BCUT2D eigenvalue weighted by Crippen LogP contribution is 2.65. The third kappa shape index (κ3) is 5.36. The van der Waals surface area contributed by atoms with Gasteiger partial charge in [-0.15, -0.1) is 0 Å². The Hall–Kier alpha value is -2.98. The fourth-order valence-electron chi connectivity index (χ4n) is 7.70. The van der Waals surface area contributed by atoms with Crippen molar-refractivity contribution in [2.24, 2.45) is 29.1 Å². The Kier molecular flexibility index (Phi) is 7.57. The van der Waals surface area contributed by atoms with Gasteiger partial charge in [0.05, 0.1) is 6.04 Å². The fourth-order valence-corrected chi connectivity index (χ4v) is 7.70. The van der Waals surface area contributed by atoms with Gasteiger partial charge in [-0.2, -0.15) is 4.98 Å². The number of nitrogens with one attached hydrogen (secondary N) is 2. The number of aromatic nitrogens is 1. The topological polar surface area (TPSA) is 152 Å². The first kappa shape index (κ1) is 28.2. The average Bonchev–Trinajstić information content (AvgIpc) is 3.29. The minimum absolute atomic E-state index is 0.0203. The van der Waals surface area contributed by atoms with Crippen LogP contribution in [0, 0.1) is 29.1 Å². The molecule has 3 unspecified atom stereocenters. The molecule has 3 saturated carbocycles. The molecule has 4 aliphatic rings. The van der Waals surface area contributed by atoms with Crippen molar-refractivity contribution in [2.45, 2.75) is 96.0 Å². The molecule has 0 spiro atoms. The Morgan fingerprint density at radius 1 is 1.12 bits per heavy atom. The summed E-state index contributed by atoms with van der Waals surface area (Å²) in [6.45, 7) is 4.80. The summed E-state index contributed by atoms with van der Waals surface area (Å²) in [5.74, 6) is -0.185. The number of hydrogen-bond donors (Lipinski definition) is 4. The van der Waals surface area contributed by atoms with Gasteiger partial charge < -0.3 is 30.8 Å². The van der Waals surface area contributed by atoms with Crippen LogP contribution in [0.25, 0.3) is 11.1 Å². The summed E-state index contributed by atoms with van der Waals surface area (Å²) in [5, 5.41) is 16.3. The zero-order chi connectivity index (χ0) is 28.9. The van der Waals surface area contributed by atoms with E-state index < -0.39 is 30.1 Å². The molecule has 0 bridgehead atoms. The van der Waals surface area contributed by atoms with Gasteiger partial charge in [0.2, 0.25) is 23.8 Å². The van der Waals surface area contributed by atoms with Gasteiger partial charge in [-0.25, -0.2) is 0 Å². The van der Waals surface area contributed by atoms with Crippen molar-refractivity contribution in [3.05, 3.63) is 24.3 Å². The SMILES string of the molecule is CC1(C)C2[C@@H](C(=O)NC(CC3CCC3)C(=O)C([NH3+])O)N(C(=O)[C@@H](Nc3nc4ccccc4o3)C3CCCCC3)C[C@@H]21. The number of Topliss-reactive ketones (excluding diaryl/α,β-unsaturated/α-hetero) is 1. The van der Waals surface area contributed by atoms with Crippen molar-refractivity contribution in [2.75, 3.05) is 11.9 Å². The Morgan fingerprint density at radius 2 is 1.85 bits per heavy atom. The lowest BCUT2D eigenvalue weighted by Gasteiger charge is -2.37. The molecular weight excluding hydrogens is 522 g/mol. The molecule has 1 aliphatic heterocycles. The van der Waals surface area contributed by atoms with Gasteiger partial charge in [-0.1, -0.05) is 64.5 Å². The standard InChI is InChI=1S/C31H43N5O5/c1-31(2)19-16-36(25(23(19)31)28(39)33-21(26(37)27(32)38)15-17-9-8-10-17)29(40)24(18-11-4-3-5-12-18)35-30-34-20-13-6-7-14-22(20)41-30/h6-7,13-14,17-19,21,23-25,27,38H,3-5,8-12,15-16,32H2,1-2H3,(H,33,39)(H,34,35)/p+1/t19-,21?,23?,24-,25-,27?/m0/s1. The lowest BCUT2D eigenvalue weighted by Crippen LogP contribution is -2.69. The molecular formula is C31H44N5O5+. The number of carbonyl (C=O) groups is 3. The zero-order valence-corrected chi connectivity index (χ0v) is 24.2. The van der Waals surface area contributed by atoms with Crippen LogP contribution < -0.4 is 16.4 Å². The number of quaternary nitrogens is 1. The van der Waals surface area contributed by atoms with E-state index in [0.717, 1.165) is 56.9 Å². The van der Waals surface area contributed by atoms with E-state index in [1.54, 1.807) is 4.90 Å². The maximum Gasteiger partial charge on any atom is 0.296 e. The normalized spacial score (nSPS) is 27.9. The van der Waals surface area contributed by atoms with Crippen molar-refractivity contribution in [1.82, 2.24) is 15.2 Å². The molecule has 1 aromatic carbocycles. The van der Waals surface area contributed by atoms with Crippen LogP contribution in [0.4, 0.5) is 6.01 Å². The highest BCUT2D eigenvalue weighted by atomic mass is 16.4. The number of carbonyl (C=O) groups excluding carboxylic acids is 3. The molecule has 3 aliphatic carbocycles. The second-order valence-electron chi connectivity index (χ2n) is 13.4. The van der Waals surface area contributed by atoms with Gasteiger partial charge in [0.25, 0.3) is 6.01 Å². The van der Waals surface area contributed by atoms with E-state index >= 15 is 0 Å². The van der Waals surface area contributed by atoms with E-state index in [4.69, 9.17) is 4.42 Å². The van der Waals surface area contributed by atoms with Crippen LogP contribution in [0.3, 0.4) is 0 Å². The summed E-state index contributed by atoms with van der Waals surface area (Å²) in [6.07, 6.45) is 7.37. The molecule has 4 fully saturated rings. The Bertz CT molecular complexity index is 1260. The molecule has 6 atom stereocenters. The molecule has 1 aromatic heterocycles. The Labute approximate surface area is 240 Å². The second kappa shape index (κ2) is 11.0. The number of amides is 2. The van der Waals surface area contributed by atoms with E-state index in [-0.39, 0.29) is 35.0 Å². The molecule has 2 amide bonds. The van der Waals surface area contributed by atoms with Gasteiger partial charge in [-0.3, -0.25) is 14.4 Å². The lowest BCUT2D eigenvalue weighted by atomic mass is 9.80. The number of para-hydroxylation sites is 2. The number of anilines is 1. The number of benzene rings is 1. The molecule has 10 nitrogen and oxygen atoms in total. The highest BCUT2D eigenvalue weighted by Gasteiger charge is 2.69. The van der Waals surface area contributed by atoms with Crippen molar-refractivity contribution in [3.8, 4) is 0 Å². The third-order valence-corrected chi connectivity index (χ3v) is 10.5. The zero-order valence-electron chi connectivity index (χ0n) is 24.2. The number of likely N-dealkylation sites (tertiary alicyclic amines) is 1. The van der Waals surface area contributed by atoms with Crippen molar-refractivity contribution in [3.63, 3.8) is 0 Å². The van der Waals surface area contributed by atoms with Gasteiger partial charge in [0.1, 0.15) is 17.6 Å². The molecule has 222 valence electrons. The number of aliphatic hydroxyl groups excluding tert-OH is 1. The fraction of sp³-hybridized carbons (Fsp3) is 0.677. The van der Waals surface area contributed by atoms with Crippen LogP contribution in [0.2, 0.25) is 0 Å². The van der Waals surface area contributed by atoms with E-state index in [1.807, 2.05) is 24.3 Å². The quantitative estimate of drug-likeness (QED) is 0.322. The minimum Gasteiger partial charge on any atom is -0.424 e. The molecule has 1 saturated heterocycles. The molecule has 2 heterocycles. The smallest absolute Gasteiger partial charge is 0.296 e. The number of piperidine rings is 1. The van der Waals surface area contributed by atoms with Crippen molar-refractivity contribution in [1.29, 1.82) is 0 Å². The molecule has 10 heteroatoms. The summed E-state index contributed by atoms with van der Waals surface area (Å²) in [7, 11) is 0. The minimum atomic E-state index is -1.40. The highest BCUT2D eigenvalue weighted by molar-refractivity contribution is 5.96. The largest absolute Gasteiger partial charge is 0.424 e. The van der Waals surface area contributed by atoms with Crippen LogP contribution in [-0.4, -0.2) is 63.5 Å². The number of fused-ring (bicyclic) bond motifs is 2. The number of aliphatic hydroxyl groups is 1. The summed E-state index contributed by atoms with van der Waals surface area (Å²) in [5.41, 5.74) is 4.82. The summed E-state index contributed by atoms with van der Waals surface area (Å²) in [4.78, 5) is 47.6. The Balaban J connectivity index is 1.25. The number of hydrogen-bond acceptors (Lipinski definition) is 7. The molecule has 6 rings (SSSR count). The van der Waals surface area contributed by atoms with Crippen LogP contribution in [0.5, 0.6) is 0 Å². The van der Waals surface area contributed by atoms with Crippen molar-refractivity contribution < 1.29 is 29.6 Å². The number of rotatable bonds is 10. The van der Waals surface area contributed by atoms with E-state index in [0.29, 0.717) is 30.5 Å². The third-order valence-electron chi connectivity index (χ3n) is 10.5. The maximum atomic E-state index is 14.4. The predicted octanol–water partition coefficient (Wildman–Crippen LogP) is 2.48. The second-order valence-corrected chi connectivity index (χ2v) is 13.4. The number of oxazole rings is 1. The van der Waals surface area contributed by atoms with E-state index in [2.05, 4.69) is 35.2 Å². The van der Waals surface area contributed by atoms with Crippen LogP contribution in [0.15, 0.2) is 28.7 Å². The van der Waals surface area contributed by atoms with Crippen molar-refractivity contribution >= 4 is 34.7 Å². The summed E-state index contributed by atoms with van der Waals surface area (Å²) < 4.78 is 5.95. The van der Waals surface area contributed by atoms with E-state index in [9.17, 15) is 19.5 Å². The molecule has 6 N–H and O–H groups in total. The predicted molar refractivity (Wildman–Crippen MR) is 152 cm³/mol.